The van der Waals surface area contributed by atoms with Crippen LogP contribution in [0.5, 0.6) is 11.5 Å². The van der Waals surface area contributed by atoms with E-state index in [0.29, 0.717) is 0 Å². The fourth-order valence-corrected chi connectivity index (χ4v) is 2.55. The number of hydrogen-bond donors (Lipinski definition) is 0. The van der Waals surface area contributed by atoms with Gasteiger partial charge in [-0.2, -0.15) is 0 Å². The predicted molar refractivity (Wildman–Crippen MR) is 94.9 cm³/mol. The Morgan fingerprint density at radius 3 is 1.71 bits per heavy atom. The first-order valence-electron chi connectivity index (χ1n) is 7.97. The van der Waals surface area contributed by atoms with Crippen LogP contribution < -0.4 is 9.47 Å². The molecule has 0 atom stereocenters. The SMILES string of the molecule is C=[N+]1[CH-]c2ccccc2OC(C)Oc2ccccc2[CH-][N+](=C)CC1. The summed E-state index contributed by atoms with van der Waals surface area (Å²) in [5.74, 6) is 1.54. The van der Waals surface area contributed by atoms with E-state index in [4.69, 9.17) is 9.47 Å². The number of ether oxygens (including phenoxy) is 2. The Morgan fingerprint density at radius 1 is 0.833 bits per heavy atom. The lowest BCUT2D eigenvalue weighted by atomic mass is 10.2. The molecule has 0 N–H and O–H groups in total. The number of rotatable bonds is 0. The van der Waals surface area contributed by atoms with Gasteiger partial charge in [0.2, 0.25) is 6.29 Å². The van der Waals surface area contributed by atoms with Gasteiger partial charge in [-0.3, -0.25) is 9.15 Å². The minimum atomic E-state index is -0.425. The Hall–Kier alpha value is -2.88. The topological polar surface area (TPSA) is 24.5 Å². The summed E-state index contributed by atoms with van der Waals surface area (Å²) in [4.78, 5) is 0. The summed E-state index contributed by atoms with van der Waals surface area (Å²) in [6.45, 7) is 15.5. The van der Waals surface area contributed by atoms with Crippen molar-refractivity contribution in [1.82, 2.24) is 0 Å². The van der Waals surface area contributed by atoms with Crippen LogP contribution in [0.2, 0.25) is 0 Å². The summed E-state index contributed by atoms with van der Waals surface area (Å²) in [5.41, 5.74) is 1.94. The van der Waals surface area contributed by atoms with Gasteiger partial charge in [0.1, 0.15) is 0 Å². The van der Waals surface area contributed by atoms with Crippen LogP contribution in [0.3, 0.4) is 0 Å². The van der Waals surface area contributed by atoms with Gasteiger partial charge in [0.25, 0.3) is 0 Å². The quantitative estimate of drug-likeness (QED) is 0.550. The Balaban J connectivity index is 1.93. The van der Waals surface area contributed by atoms with E-state index in [2.05, 4.69) is 13.4 Å². The van der Waals surface area contributed by atoms with Crippen LogP contribution in [0.1, 0.15) is 18.1 Å². The normalized spacial score (nSPS) is 15.9. The van der Waals surface area contributed by atoms with Crippen molar-refractivity contribution in [2.75, 3.05) is 13.1 Å². The molecule has 2 aromatic carbocycles. The van der Waals surface area contributed by atoms with E-state index < -0.39 is 6.29 Å². The van der Waals surface area contributed by atoms with Crippen molar-refractivity contribution in [2.45, 2.75) is 13.2 Å². The average molecular weight is 322 g/mol. The van der Waals surface area contributed by atoms with Crippen LogP contribution in [0.25, 0.3) is 0 Å². The Bertz CT molecular complexity index is 691. The minimum absolute atomic E-state index is 0.425. The van der Waals surface area contributed by atoms with Crippen molar-refractivity contribution >= 4 is 13.4 Å². The fraction of sp³-hybridized carbons (Fsp3) is 0.200. The summed E-state index contributed by atoms with van der Waals surface area (Å²) in [6.07, 6.45) is -0.425. The van der Waals surface area contributed by atoms with Crippen LogP contribution >= 0.6 is 0 Å². The van der Waals surface area contributed by atoms with Crippen molar-refractivity contribution in [3.63, 3.8) is 0 Å². The second-order valence-corrected chi connectivity index (χ2v) is 5.76. The van der Waals surface area contributed by atoms with Crippen LogP contribution in [0.4, 0.5) is 0 Å². The van der Waals surface area contributed by atoms with Crippen LogP contribution in [-0.2, 0) is 0 Å². The molecular weight excluding hydrogens is 300 g/mol. The van der Waals surface area contributed by atoms with E-state index in [0.717, 1.165) is 35.7 Å². The van der Waals surface area contributed by atoms with Crippen LogP contribution in [0.15, 0.2) is 48.5 Å². The number of hydrogen-bond acceptors (Lipinski definition) is 2. The molecule has 0 aromatic heterocycles. The van der Waals surface area contributed by atoms with E-state index in [-0.39, 0.29) is 0 Å². The van der Waals surface area contributed by atoms with Gasteiger partial charge in [-0.15, -0.1) is 24.3 Å². The Morgan fingerprint density at radius 2 is 1.25 bits per heavy atom. The van der Waals surface area contributed by atoms with Gasteiger partial charge in [0.15, 0.2) is 13.1 Å². The number of nitrogens with zero attached hydrogens (tertiary/aromatic N) is 2. The molecular formula is C20H22N2O2. The monoisotopic (exact) mass is 322 g/mol. The smallest absolute Gasteiger partial charge is 0.218 e. The van der Waals surface area contributed by atoms with E-state index >= 15 is 0 Å². The second kappa shape index (κ2) is 7.13. The molecule has 1 aliphatic rings. The van der Waals surface area contributed by atoms with E-state index in [1.807, 2.05) is 77.7 Å². The maximum atomic E-state index is 5.99. The lowest BCUT2D eigenvalue weighted by Gasteiger charge is -2.24. The summed E-state index contributed by atoms with van der Waals surface area (Å²) in [5, 5.41) is 0. The molecule has 3 rings (SSSR count). The van der Waals surface area contributed by atoms with E-state index in [1.165, 1.54) is 0 Å². The number of para-hydroxylation sites is 2. The van der Waals surface area contributed by atoms with Gasteiger partial charge in [0.05, 0.1) is 38.0 Å². The molecule has 4 heteroatoms. The first-order valence-corrected chi connectivity index (χ1v) is 7.97. The summed E-state index contributed by atoms with van der Waals surface area (Å²) in [7, 11) is 0. The lowest BCUT2D eigenvalue weighted by molar-refractivity contribution is -0.548. The Kier molecular flexibility index (Phi) is 4.75. The highest BCUT2D eigenvalue weighted by Gasteiger charge is 2.12. The number of benzene rings is 2. The average Bonchev–Trinajstić information content (AvgIpc) is 2.56. The lowest BCUT2D eigenvalue weighted by Crippen LogP contribution is -2.21. The van der Waals surface area contributed by atoms with Crippen LogP contribution in [-0.4, -0.2) is 42.0 Å². The van der Waals surface area contributed by atoms with Gasteiger partial charge in [-0.25, -0.2) is 0 Å². The van der Waals surface area contributed by atoms with E-state index in [1.54, 1.807) is 0 Å². The molecule has 1 heterocycles. The molecule has 0 unspecified atom stereocenters. The highest BCUT2D eigenvalue weighted by atomic mass is 16.7. The first-order chi connectivity index (χ1) is 11.6. The standard InChI is InChI=1S/C20H22N2O2/c1-16-23-19-10-6-4-8-17(19)14-21(2)12-13-22(3)15-18-9-5-7-11-20(18)24-16/h4-11,14-16H,2-3,12-13H2,1H3. The van der Waals surface area contributed by atoms with Gasteiger partial charge in [-0.05, 0) is 11.1 Å². The van der Waals surface area contributed by atoms with Gasteiger partial charge >= 0.3 is 0 Å². The zero-order valence-corrected chi connectivity index (χ0v) is 13.9. The maximum absolute atomic E-state index is 5.99. The zero-order chi connectivity index (χ0) is 16.9. The third-order valence-electron chi connectivity index (χ3n) is 3.74. The van der Waals surface area contributed by atoms with Crippen LogP contribution in [0, 0.1) is 13.1 Å². The molecule has 0 amide bonds. The van der Waals surface area contributed by atoms with Gasteiger partial charge < -0.3 is 9.47 Å². The van der Waals surface area contributed by atoms with E-state index in [9.17, 15) is 0 Å². The molecule has 0 spiro atoms. The largest absolute Gasteiger partial charge is 0.502 e. The summed E-state index contributed by atoms with van der Waals surface area (Å²) < 4.78 is 15.8. The minimum Gasteiger partial charge on any atom is -0.502 e. The second-order valence-electron chi connectivity index (χ2n) is 5.76. The maximum Gasteiger partial charge on any atom is 0.218 e. The van der Waals surface area contributed by atoms with Crippen molar-refractivity contribution in [3.8, 4) is 11.5 Å². The highest BCUT2D eigenvalue weighted by molar-refractivity contribution is 5.39. The van der Waals surface area contributed by atoms with Crippen molar-refractivity contribution in [3.05, 3.63) is 72.7 Å². The molecule has 1 aliphatic heterocycles. The third-order valence-corrected chi connectivity index (χ3v) is 3.74. The molecule has 0 aliphatic carbocycles. The molecule has 24 heavy (non-hydrogen) atoms. The molecule has 124 valence electrons. The van der Waals surface area contributed by atoms with Gasteiger partial charge in [-0.1, -0.05) is 24.3 Å². The molecule has 4 nitrogen and oxygen atoms in total. The fourth-order valence-electron chi connectivity index (χ4n) is 2.55. The molecule has 0 bridgehead atoms. The van der Waals surface area contributed by atoms with Crippen molar-refractivity contribution < 1.29 is 18.6 Å². The summed E-state index contributed by atoms with van der Waals surface area (Å²) in [6, 6.07) is 15.7. The summed E-state index contributed by atoms with van der Waals surface area (Å²) >= 11 is 0. The molecule has 2 aromatic rings. The highest BCUT2D eigenvalue weighted by Crippen LogP contribution is 2.25. The third kappa shape index (κ3) is 3.90. The zero-order valence-electron chi connectivity index (χ0n) is 13.9. The molecule has 0 radical (unpaired) electrons. The molecule has 0 saturated carbocycles. The number of fused-ring (bicyclic) bond motifs is 2. The van der Waals surface area contributed by atoms with Crippen molar-refractivity contribution in [1.29, 1.82) is 0 Å². The van der Waals surface area contributed by atoms with Crippen molar-refractivity contribution in [2.24, 2.45) is 0 Å². The molecule has 0 fully saturated rings. The molecule has 0 saturated heterocycles. The predicted octanol–water partition coefficient (Wildman–Crippen LogP) is 2.95. The Labute approximate surface area is 143 Å². The van der Waals surface area contributed by atoms with Gasteiger partial charge in [0, 0.05) is 6.92 Å². The first kappa shape index (κ1) is 16.0.